The van der Waals surface area contributed by atoms with Crippen LogP contribution >= 0.6 is 0 Å². The van der Waals surface area contributed by atoms with E-state index < -0.39 is 17.3 Å². The zero-order valence-electron chi connectivity index (χ0n) is 11.1. The van der Waals surface area contributed by atoms with Gasteiger partial charge in [0.25, 0.3) is 0 Å². The first-order valence-electron chi connectivity index (χ1n) is 5.87. The number of guanidine groups is 2. The second-order valence-corrected chi connectivity index (χ2v) is 4.70. The summed E-state index contributed by atoms with van der Waals surface area (Å²) in [5, 5.41) is 1.16. The first-order valence-corrected chi connectivity index (χ1v) is 5.87. The van der Waals surface area contributed by atoms with Crippen LogP contribution in [0.5, 0.6) is 0 Å². The fraction of sp³-hybridized carbons (Fsp3) is 0.333. The number of hydroxylamine groups is 2. The Bertz CT molecular complexity index is 565. The Balaban J connectivity index is 2.17. The van der Waals surface area contributed by atoms with Crippen LogP contribution in [0.4, 0.5) is 8.78 Å². The number of benzene rings is 1. The van der Waals surface area contributed by atoms with E-state index in [1.807, 2.05) is 0 Å². The summed E-state index contributed by atoms with van der Waals surface area (Å²) in [5.74, 6) is -1.40. The van der Waals surface area contributed by atoms with Crippen LogP contribution < -0.4 is 11.5 Å². The number of nitrogens with two attached hydrogens (primary N) is 2. The number of nitrogens with zero attached hydrogens (tertiary/aromatic N) is 3. The Morgan fingerprint density at radius 1 is 1.25 bits per heavy atom. The van der Waals surface area contributed by atoms with E-state index in [-0.39, 0.29) is 24.1 Å². The summed E-state index contributed by atoms with van der Waals surface area (Å²) in [6.45, 7) is 3.02. The van der Waals surface area contributed by atoms with E-state index in [4.69, 9.17) is 16.3 Å². The second-order valence-electron chi connectivity index (χ2n) is 4.70. The van der Waals surface area contributed by atoms with Crippen LogP contribution in [0.2, 0.25) is 0 Å². The molecule has 0 atom stereocenters. The molecule has 1 heterocycles. The van der Waals surface area contributed by atoms with Gasteiger partial charge in [-0.2, -0.15) is 10.1 Å². The minimum atomic E-state index is -0.919. The molecule has 4 N–H and O–H groups in total. The average Bonchev–Trinajstić information content (AvgIpc) is 2.30. The summed E-state index contributed by atoms with van der Waals surface area (Å²) in [6, 6.07) is 3.58. The number of aliphatic imine (C=N–C) groups is 2. The zero-order valence-corrected chi connectivity index (χ0v) is 11.1. The first-order chi connectivity index (χ1) is 9.31. The Morgan fingerprint density at radius 3 is 2.40 bits per heavy atom. The van der Waals surface area contributed by atoms with Crippen molar-refractivity contribution in [2.75, 3.05) is 0 Å². The lowest BCUT2D eigenvalue weighted by atomic mass is 10.2. The summed E-state index contributed by atoms with van der Waals surface area (Å²) in [5.41, 5.74) is 10.1. The summed E-state index contributed by atoms with van der Waals surface area (Å²) >= 11 is 0. The number of halogens is 2. The highest BCUT2D eigenvalue weighted by Gasteiger charge is 2.33. The predicted molar refractivity (Wildman–Crippen MR) is 70.3 cm³/mol. The van der Waals surface area contributed by atoms with Gasteiger partial charge in [-0.3, -0.25) is 4.84 Å². The van der Waals surface area contributed by atoms with E-state index in [0.29, 0.717) is 0 Å². The summed E-state index contributed by atoms with van der Waals surface area (Å²) in [4.78, 5) is 13.1. The lowest BCUT2D eigenvalue weighted by Crippen LogP contribution is -2.53. The smallest absolute Gasteiger partial charge is 0.226 e. The van der Waals surface area contributed by atoms with Crippen molar-refractivity contribution in [1.29, 1.82) is 0 Å². The van der Waals surface area contributed by atoms with Gasteiger partial charge in [0.15, 0.2) is 5.66 Å². The maximum absolute atomic E-state index is 13.5. The van der Waals surface area contributed by atoms with Crippen LogP contribution in [-0.2, 0) is 11.4 Å². The van der Waals surface area contributed by atoms with Gasteiger partial charge >= 0.3 is 0 Å². The third-order valence-electron chi connectivity index (χ3n) is 2.72. The molecule has 0 unspecified atom stereocenters. The van der Waals surface area contributed by atoms with Crippen molar-refractivity contribution in [2.45, 2.75) is 26.1 Å². The quantitative estimate of drug-likeness (QED) is 0.868. The standard InChI is InChI=1S/C12H15F2N5O/c1-12(2)18-10(15)17-11(16)19(12)20-6-7-8(13)4-3-5-9(7)14/h3-5H,6H2,1-2H3,(H4,15,16,17,18). The SMILES string of the molecule is CC1(C)N=C(N)N=C(N)N1OCc1c(F)cccc1F. The molecule has 20 heavy (non-hydrogen) atoms. The molecule has 0 radical (unpaired) electrons. The minimum Gasteiger partial charge on any atom is -0.368 e. The van der Waals surface area contributed by atoms with Gasteiger partial charge in [-0.05, 0) is 26.0 Å². The Labute approximate surface area is 114 Å². The van der Waals surface area contributed by atoms with Crippen molar-refractivity contribution >= 4 is 11.9 Å². The molecule has 0 spiro atoms. The van der Waals surface area contributed by atoms with Gasteiger partial charge < -0.3 is 11.5 Å². The average molecular weight is 283 g/mol. The highest BCUT2D eigenvalue weighted by molar-refractivity contribution is 5.95. The monoisotopic (exact) mass is 283 g/mol. The largest absolute Gasteiger partial charge is 0.368 e. The van der Waals surface area contributed by atoms with Gasteiger partial charge in [0.2, 0.25) is 11.9 Å². The van der Waals surface area contributed by atoms with Crippen LogP contribution in [0, 0.1) is 11.6 Å². The molecule has 6 nitrogen and oxygen atoms in total. The van der Waals surface area contributed by atoms with Gasteiger partial charge in [-0.25, -0.2) is 13.8 Å². The van der Waals surface area contributed by atoms with Gasteiger partial charge in [-0.15, -0.1) is 0 Å². The lowest BCUT2D eigenvalue weighted by molar-refractivity contribution is -0.168. The third-order valence-corrected chi connectivity index (χ3v) is 2.72. The van der Waals surface area contributed by atoms with Gasteiger partial charge in [-0.1, -0.05) is 6.07 Å². The summed E-state index contributed by atoms with van der Waals surface area (Å²) in [7, 11) is 0. The highest BCUT2D eigenvalue weighted by atomic mass is 19.1. The maximum atomic E-state index is 13.5. The van der Waals surface area contributed by atoms with Crippen molar-refractivity contribution in [1.82, 2.24) is 5.06 Å². The zero-order chi connectivity index (χ0) is 14.9. The van der Waals surface area contributed by atoms with Crippen molar-refractivity contribution in [3.8, 4) is 0 Å². The van der Waals surface area contributed by atoms with E-state index in [9.17, 15) is 8.78 Å². The predicted octanol–water partition coefficient (Wildman–Crippen LogP) is 1.08. The molecule has 8 heteroatoms. The summed E-state index contributed by atoms with van der Waals surface area (Å²) < 4.78 is 27.0. The van der Waals surface area contributed by atoms with Crippen LogP contribution in [0.1, 0.15) is 19.4 Å². The molecule has 0 aromatic heterocycles. The lowest BCUT2D eigenvalue weighted by Gasteiger charge is -2.36. The van der Waals surface area contributed by atoms with Crippen molar-refractivity contribution in [3.63, 3.8) is 0 Å². The molecule has 108 valence electrons. The molecular formula is C12H15F2N5O. The molecule has 0 aliphatic carbocycles. The van der Waals surface area contributed by atoms with Crippen molar-refractivity contribution in [3.05, 3.63) is 35.4 Å². The van der Waals surface area contributed by atoms with Crippen molar-refractivity contribution < 1.29 is 13.6 Å². The molecule has 1 aromatic carbocycles. The second kappa shape index (κ2) is 5.04. The van der Waals surface area contributed by atoms with Crippen LogP contribution in [0.15, 0.2) is 28.2 Å². The Morgan fingerprint density at radius 2 is 1.85 bits per heavy atom. The van der Waals surface area contributed by atoms with E-state index in [1.54, 1.807) is 13.8 Å². The molecule has 0 bridgehead atoms. The molecule has 2 rings (SSSR count). The summed E-state index contributed by atoms with van der Waals surface area (Å²) in [6.07, 6.45) is 0. The minimum absolute atomic E-state index is 0.0180. The molecule has 0 saturated carbocycles. The Hall–Kier alpha value is -2.22. The molecule has 0 fully saturated rings. The number of rotatable bonds is 3. The Kier molecular flexibility index (Phi) is 3.58. The van der Waals surface area contributed by atoms with Gasteiger partial charge in [0, 0.05) is 0 Å². The molecule has 1 aliphatic heterocycles. The fourth-order valence-corrected chi connectivity index (χ4v) is 1.82. The van der Waals surface area contributed by atoms with E-state index in [0.717, 1.165) is 17.2 Å². The van der Waals surface area contributed by atoms with E-state index >= 15 is 0 Å². The normalized spacial score (nSPS) is 17.7. The first kappa shape index (κ1) is 14.2. The van der Waals surface area contributed by atoms with E-state index in [2.05, 4.69) is 9.98 Å². The van der Waals surface area contributed by atoms with Gasteiger partial charge in [0.1, 0.15) is 18.2 Å². The fourth-order valence-electron chi connectivity index (χ4n) is 1.82. The third kappa shape index (κ3) is 2.69. The van der Waals surface area contributed by atoms with Crippen LogP contribution in [-0.4, -0.2) is 22.6 Å². The number of hydrogen-bond donors (Lipinski definition) is 2. The molecule has 0 saturated heterocycles. The molecule has 1 aliphatic rings. The van der Waals surface area contributed by atoms with Crippen molar-refractivity contribution in [2.24, 2.45) is 21.5 Å². The van der Waals surface area contributed by atoms with Crippen LogP contribution in [0.25, 0.3) is 0 Å². The van der Waals surface area contributed by atoms with E-state index in [1.165, 1.54) is 6.07 Å². The molecule has 0 amide bonds. The molecule has 1 aromatic rings. The van der Waals surface area contributed by atoms with Crippen LogP contribution in [0.3, 0.4) is 0 Å². The number of hydrogen-bond acceptors (Lipinski definition) is 6. The highest BCUT2D eigenvalue weighted by Crippen LogP contribution is 2.22. The van der Waals surface area contributed by atoms with Gasteiger partial charge in [0.05, 0.1) is 5.56 Å². The molecular weight excluding hydrogens is 268 g/mol. The maximum Gasteiger partial charge on any atom is 0.226 e. The topological polar surface area (TPSA) is 89.2 Å².